The van der Waals surface area contributed by atoms with E-state index in [0.717, 1.165) is 5.75 Å². The highest BCUT2D eigenvalue weighted by Crippen LogP contribution is 2.26. The first-order chi connectivity index (χ1) is 9.23. The van der Waals surface area contributed by atoms with E-state index in [-0.39, 0.29) is 18.0 Å². The minimum Gasteiger partial charge on any atom is -0.491 e. The first-order valence-electron chi connectivity index (χ1n) is 6.73. The minimum atomic E-state index is -0.855. The second kappa shape index (κ2) is 6.27. The van der Waals surface area contributed by atoms with Crippen molar-refractivity contribution < 1.29 is 14.3 Å². The van der Waals surface area contributed by atoms with Crippen LogP contribution in [-0.2, 0) is 14.9 Å². The summed E-state index contributed by atoms with van der Waals surface area (Å²) in [6.45, 7) is 8.42. The SMILES string of the molecule is CNC(C)(COc1cccc(C(C)(C)C)c1)C(=O)OC. The lowest BCUT2D eigenvalue weighted by Gasteiger charge is -2.26. The van der Waals surface area contributed by atoms with Gasteiger partial charge in [-0.2, -0.15) is 0 Å². The lowest BCUT2D eigenvalue weighted by molar-refractivity contribution is -0.148. The van der Waals surface area contributed by atoms with E-state index in [9.17, 15) is 4.79 Å². The molecule has 0 radical (unpaired) electrons. The number of hydrogen-bond acceptors (Lipinski definition) is 4. The highest BCUT2D eigenvalue weighted by molar-refractivity contribution is 5.80. The predicted molar refractivity (Wildman–Crippen MR) is 80.1 cm³/mol. The summed E-state index contributed by atoms with van der Waals surface area (Å²) in [4.78, 5) is 11.7. The third-order valence-corrected chi connectivity index (χ3v) is 3.42. The molecule has 0 aliphatic carbocycles. The van der Waals surface area contributed by atoms with E-state index in [4.69, 9.17) is 9.47 Å². The summed E-state index contributed by atoms with van der Waals surface area (Å²) in [5.74, 6) is 0.412. The average Bonchev–Trinajstić information content (AvgIpc) is 2.43. The van der Waals surface area contributed by atoms with Crippen LogP contribution in [0.4, 0.5) is 0 Å². The van der Waals surface area contributed by atoms with Gasteiger partial charge in [-0.15, -0.1) is 0 Å². The van der Waals surface area contributed by atoms with E-state index in [0.29, 0.717) is 0 Å². The molecule has 1 atom stereocenters. The molecule has 1 unspecified atom stereocenters. The van der Waals surface area contributed by atoms with Crippen LogP contribution in [0, 0.1) is 0 Å². The predicted octanol–water partition coefficient (Wildman–Crippen LogP) is 2.51. The van der Waals surface area contributed by atoms with Gasteiger partial charge in [0.2, 0.25) is 0 Å². The maximum absolute atomic E-state index is 11.7. The zero-order valence-electron chi connectivity index (χ0n) is 13.2. The van der Waals surface area contributed by atoms with Crippen LogP contribution in [0.15, 0.2) is 24.3 Å². The number of likely N-dealkylation sites (N-methyl/N-ethyl adjacent to an activating group) is 1. The summed E-state index contributed by atoms with van der Waals surface area (Å²) in [6, 6.07) is 7.94. The standard InChI is InChI=1S/C16H25NO3/c1-15(2,3)12-8-7-9-13(10-12)20-11-16(4,17-5)14(18)19-6/h7-10,17H,11H2,1-6H3. The van der Waals surface area contributed by atoms with Crippen molar-refractivity contribution in [2.24, 2.45) is 0 Å². The Morgan fingerprint density at radius 2 is 1.90 bits per heavy atom. The summed E-state index contributed by atoms with van der Waals surface area (Å²) < 4.78 is 10.5. The zero-order valence-corrected chi connectivity index (χ0v) is 13.2. The van der Waals surface area contributed by atoms with Gasteiger partial charge in [-0.1, -0.05) is 32.9 Å². The van der Waals surface area contributed by atoms with Crippen LogP contribution >= 0.6 is 0 Å². The highest BCUT2D eigenvalue weighted by Gasteiger charge is 2.33. The van der Waals surface area contributed by atoms with Crippen LogP contribution in [0.2, 0.25) is 0 Å². The topological polar surface area (TPSA) is 47.6 Å². The van der Waals surface area contributed by atoms with Crippen LogP contribution < -0.4 is 10.1 Å². The fourth-order valence-electron chi connectivity index (χ4n) is 1.74. The molecule has 20 heavy (non-hydrogen) atoms. The minimum absolute atomic E-state index is 0.0635. The normalized spacial score (nSPS) is 14.5. The van der Waals surface area contributed by atoms with Crippen molar-refractivity contribution in [1.29, 1.82) is 0 Å². The molecule has 0 spiro atoms. The van der Waals surface area contributed by atoms with Crippen LogP contribution in [0.3, 0.4) is 0 Å². The van der Waals surface area contributed by atoms with Gasteiger partial charge in [0.05, 0.1) is 7.11 Å². The summed E-state index contributed by atoms with van der Waals surface area (Å²) in [5.41, 5.74) is 0.403. The van der Waals surface area contributed by atoms with Gasteiger partial charge in [-0.25, -0.2) is 4.79 Å². The van der Waals surface area contributed by atoms with Crippen molar-refractivity contribution in [2.75, 3.05) is 20.8 Å². The molecule has 0 amide bonds. The molecule has 1 rings (SSSR count). The Morgan fingerprint density at radius 1 is 1.25 bits per heavy atom. The van der Waals surface area contributed by atoms with E-state index >= 15 is 0 Å². The molecular weight excluding hydrogens is 254 g/mol. The van der Waals surface area contributed by atoms with Crippen molar-refractivity contribution in [1.82, 2.24) is 5.32 Å². The van der Waals surface area contributed by atoms with Gasteiger partial charge in [0.25, 0.3) is 0 Å². The third-order valence-electron chi connectivity index (χ3n) is 3.42. The van der Waals surface area contributed by atoms with E-state index in [2.05, 4.69) is 32.2 Å². The van der Waals surface area contributed by atoms with Crippen molar-refractivity contribution in [3.8, 4) is 5.75 Å². The summed E-state index contributed by atoms with van der Waals surface area (Å²) in [7, 11) is 3.09. The number of rotatable bonds is 5. The largest absolute Gasteiger partial charge is 0.491 e. The lowest BCUT2D eigenvalue weighted by atomic mass is 9.87. The molecule has 4 heteroatoms. The summed E-state index contributed by atoms with van der Waals surface area (Å²) >= 11 is 0. The molecule has 0 fully saturated rings. The maximum atomic E-state index is 11.7. The molecule has 0 aromatic heterocycles. The Bertz CT molecular complexity index is 465. The van der Waals surface area contributed by atoms with Gasteiger partial charge in [-0.05, 0) is 37.1 Å². The van der Waals surface area contributed by atoms with Crippen molar-refractivity contribution in [3.05, 3.63) is 29.8 Å². The number of nitrogens with one attached hydrogen (secondary N) is 1. The molecule has 0 heterocycles. The Morgan fingerprint density at radius 3 is 2.40 bits per heavy atom. The smallest absolute Gasteiger partial charge is 0.329 e. The molecule has 0 aliphatic heterocycles. The van der Waals surface area contributed by atoms with Crippen LogP contribution in [0.25, 0.3) is 0 Å². The molecule has 4 nitrogen and oxygen atoms in total. The van der Waals surface area contributed by atoms with E-state index in [1.807, 2.05) is 18.2 Å². The van der Waals surface area contributed by atoms with E-state index < -0.39 is 5.54 Å². The second-order valence-electron chi connectivity index (χ2n) is 6.14. The fourth-order valence-corrected chi connectivity index (χ4v) is 1.74. The first kappa shape index (κ1) is 16.5. The average molecular weight is 279 g/mol. The highest BCUT2D eigenvalue weighted by atomic mass is 16.5. The van der Waals surface area contributed by atoms with E-state index in [1.165, 1.54) is 12.7 Å². The van der Waals surface area contributed by atoms with Gasteiger partial charge >= 0.3 is 5.97 Å². The molecular formula is C16H25NO3. The van der Waals surface area contributed by atoms with Crippen molar-refractivity contribution in [3.63, 3.8) is 0 Å². The molecule has 0 bridgehead atoms. The second-order valence-corrected chi connectivity index (χ2v) is 6.14. The number of ether oxygens (including phenoxy) is 2. The summed E-state index contributed by atoms with van der Waals surface area (Å²) in [5, 5.41) is 2.94. The number of benzene rings is 1. The Hall–Kier alpha value is -1.55. The van der Waals surface area contributed by atoms with Gasteiger partial charge < -0.3 is 14.8 Å². The monoisotopic (exact) mass is 279 g/mol. The van der Waals surface area contributed by atoms with Gasteiger partial charge in [0.15, 0.2) is 0 Å². The number of hydrogen-bond donors (Lipinski definition) is 1. The fraction of sp³-hybridized carbons (Fsp3) is 0.562. The number of esters is 1. The number of carbonyl (C=O) groups is 1. The molecule has 112 valence electrons. The summed E-state index contributed by atoms with van der Waals surface area (Å²) in [6.07, 6.45) is 0. The van der Waals surface area contributed by atoms with Crippen molar-refractivity contribution in [2.45, 2.75) is 38.6 Å². The Labute approximate surface area is 121 Å². The molecule has 1 aromatic carbocycles. The number of carbonyl (C=O) groups excluding carboxylic acids is 1. The molecule has 0 aliphatic rings. The first-order valence-corrected chi connectivity index (χ1v) is 6.73. The molecule has 1 aromatic rings. The maximum Gasteiger partial charge on any atom is 0.329 e. The quantitative estimate of drug-likeness (QED) is 0.841. The Balaban J connectivity index is 2.82. The van der Waals surface area contributed by atoms with Gasteiger partial charge in [-0.3, -0.25) is 0 Å². The van der Waals surface area contributed by atoms with Gasteiger partial charge in [0.1, 0.15) is 17.9 Å². The van der Waals surface area contributed by atoms with Crippen LogP contribution in [-0.4, -0.2) is 32.3 Å². The lowest BCUT2D eigenvalue weighted by Crippen LogP contribution is -2.52. The third kappa shape index (κ3) is 3.97. The van der Waals surface area contributed by atoms with Crippen LogP contribution in [0.5, 0.6) is 5.75 Å². The van der Waals surface area contributed by atoms with Crippen molar-refractivity contribution >= 4 is 5.97 Å². The molecule has 0 saturated heterocycles. The number of methoxy groups -OCH3 is 1. The molecule has 0 saturated carbocycles. The van der Waals surface area contributed by atoms with E-state index in [1.54, 1.807) is 14.0 Å². The van der Waals surface area contributed by atoms with Crippen LogP contribution in [0.1, 0.15) is 33.3 Å². The molecule has 1 N–H and O–H groups in total. The van der Waals surface area contributed by atoms with Gasteiger partial charge in [0, 0.05) is 0 Å². The Kier molecular flexibility index (Phi) is 5.17. The zero-order chi connectivity index (χ0) is 15.4.